The van der Waals surface area contributed by atoms with E-state index in [2.05, 4.69) is 26.2 Å². The van der Waals surface area contributed by atoms with Gasteiger partial charge in [-0.05, 0) is 13.3 Å². The smallest absolute Gasteiger partial charge is 0.263 e. The fourth-order valence-corrected chi connectivity index (χ4v) is 2.49. The number of thiazole rings is 1. The van der Waals surface area contributed by atoms with Crippen LogP contribution in [0, 0.1) is 6.92 Å². The van der Waals surface area contributed by atoms with Gasteiger partial charge in [-0.25, -0.2) is 4.98 Å². The minimum atomic E-state index is -0.0754. The van der Waals surface area contributed by atoms with Crippen LogP contribution in [-0.4, -0.2) is 36.0 Å². The number of methoxy groups -OCH3 is 1. The molecule has 0 aliphatic heterocycles. The van der Waals surface area contributed by atoms with Gasteiger partial charge in [0, 0.05) is 12.4 Å². The number of aryl methyl sites for hydroxylation is 1. The van der Waals surface area contributed by atoms with Gasteiger partial charge >= 0.3 is 0 Å². The van der Waals surface area contributed by atoms with Gasteiger partial charge in [-0.1, -0.05) is 15.9 Å². The summed E-state index contributed by atoms with van der Waals surface area (Å²) in [5, 5.41) is 4.66. The van der Waals surface area contributed by atoms with E-state index in [4.69, 9.17) is 4.74 Å². The Kier molecular flexibility index (Phi) is 5.94. The zero-order valence-corrected chi connectivity index (χ0v) is 11.7. The molecule has 0 saturated carbocycles. The molecule has 0 aromatic carbocycles. The lowest BCUT2D eigenvalue weighted by molar-refractivity contribution is 0.0899. The molecule has 0 radical (unpaired) electrons. The fraction of sp³-hybridized carbons (Fsp3) is 0.600. The molecule has 1 heterocycles. The van der Waals surface area contributed by atoms with Crippen molar-refractivity contribution in [3.63, 3.8) is 0 Å². The lowest BCUT2D eigenvalue weighted by atomic mass is 10.2. The monoisotopic (exact) mass is 306 g/mol. The van der Waals surface area contributed by atoms with E-state index in [0.29, 0.717) is 11.5 Å². The van der Waals surface area contributed by atoms with E-state index < -0.39 is 0 Å². The van der Waals surface area contributed by atoms with Gasteiger partial charge in [0.15, 0.2) is 0 Å². The van der Waals surface area contributed by atoms with Crippen LogP contribution in [0.1, 0.15) is 21.1 Å². The summed E-state index contributed by atoms with van der Waals surface area (Å²) < 4.78 is 5.05. The van der Waals surface area contributed by atoms with Crippen molar-refractivity contribution in [2.24, 2.45) is 0 Å². The summed E-state index contributed by atoms with van der Waals surface area (Å²) in [5.41, 5.74) is 0. The number of hydrogen-bond acceptors (Lipinski definition) is 4. The summed E-state index contributed by atoms with van der Waals surface area (Å²) in [4.78, 5) is 16.5. The maximum Gasteiger partial charge on any atom is 0.263 e. The molecule has 6 heteroatoms. The van der Waals surface area contributed by atoms with E-state index in [1.54, 1.807) is 13.3 Å². The van der Waals surface area contributed by atoms with Crippen LogP contribution in [0.2, 0.25) is 0 Å². The van der Waals surface area contributed by atoms with Crippen molar-refractivity contribution >= 4 is 33.2 Å². The SMILES string of the molecule is COCC(CCBr)NC(=O)c1cnc(C)s1. The van der Waals surface area contributed by atoms with Crippen LogP contribution in [0.25, 0.3) is 0 Å². The molecule has 0 saturated heterocycles. The highest BCUT2D eigenvalue weighted by molar-refractivity contribution is 9.09. The quantitative estimate of drug-likeness (QED) is 0.818. The summed E-state index contributed by atoms with van der Waals surface area (Å²) in [6.07, 6.45) is 2.45. The number of nitrogens with zero attached hydrogens (tertiary/aromatic N) is 1. The highest BCUT2D eigenvalue weighted by atomic mass is 79.9. The third kappa shape index (κ3) is 4.19. The van der Waals surface area contributed by atoms with Crippen LogP contribution in [0.15, 0.2) is 6.20 Å². The summed E-state index contributed by atoms with van der Waals surface area (Å²) in [6.45, 7) is 2.40. The van der Waals surface area contributed by atoms with Gasteiger partial charge in [0.05, 0.1) is 23.9 Å². The van der Waals surface area contributed by atoms with Crippen LogP contribution in [0.3, 0.4) is 0 Å². The zero-order chi connectivity index (χ0) is 12.0. The average molecular weight is 307 g/mol. The van der Waals surface area contributed by atoms with E-state index in [0.717, 1.165) is 16.8 Å². The van der Waals surface area contributed by atoms with Crippen molar-refractivity contribution < 1.29 is 9.53 Å². The number of halogens is 1. The first-order chi connectivity index (χ1) is 7.67. The molecule has 0 bridgehead atoms. The summed E-state index contributed by atoms with van der Waals surface area (Å²) in [7, 11) is 1.63. The van der Waals surface area contributed by atoms with Gasteiger partial charge in [0.1, 0.15) is 4.88 Å². The fourth-order valence-electron chi connectivity index (χ4n) is 1.25. The molecule has 1 aromatic heterocycles. The highest BCUT2D eigenvalue weighted by Crippen LogP contribution is 2.11. The van der Waals surface area contributed by atoms with Crippen LogP contribution < -0.4 is 5.32 Å². The maximum absolute atomic E-state index is 11.8. The van der Waals surface area contributed by atoms with Crippen molar-refractivity contribution in [2.75, 3.05) is 19.0 Å². The van der Waals surface area contributed by atoms with Crippen LogP contribution >= 0.6 is 27.3 Å². The number of nitrogens with one attached hydrogen (secondary N) is 1. The summed E-state index contributed by atoms with van der Waals surface area (Å²) in [5.74, 6) is -0.0754. The normalized spacial score (nSPS) is 12.4. The Morgan fingerprint density at radius 2 is 2.50 bits per heavy atom. The van der Waals surface area contributed by atoms with E-state index in [1.807, 2.05) is 6.92 Å². The predicted molar refractivity (Wildman–Crippen MR) is 68.4 cm³/mol. The highest BCUT2D eigenvalue weighted by Gasteiger charge is 2.14. The van der Waals surface area contributed by atoms with Gasteiger partial charge < -0.3 is 10.1 Å². The minimum absolute atomic E-state index is 0.0410. The number of carbonyl (C=O) groups excluding carboxylic acids is 1. The largest absolute Gasteiger partial charge is 0.383 e. The third-order valence-corrected chi connectivity index (χ3v) is 3.38. The van der Waals surface area contributed by atoms with Gasteiger partial charge in [-0.2, -0.15) is 0 Å². The lowest BCUT2D eigenvalue weighted by Crippen LogP contribution is -2.38. The van der Waals surface area contributed by atoms with Crippen molar-refractivity contribution in [1.29, 1.82) is 0 Å². The first-order valence-electron chi connectivity index (χ1n) is 4.95. The first kappa shape index (κ1) is 13.6. The Morgan fingerprint density at radius 1 is 1.75 bits per heavy atom. The van der Waals surface area contributed by atoms with Crippen molar-refractivity contribution in [2.45, 2.75) is 19.4 Å². The number of carbonyl (C=O) groups is 1. The molecule has 0 spiro atoms. The lowest BCUT2D eigenvalue weighted by Gasteiger charge is -2.15. The molecule has 1 atom stereocenters. The number of alkyl halides is 1. The number of aromatic nitrogens is 1. The van der Waals surface area contributed by atoms with Gasteiger partial charge in [0.25, 0.3) is 5.91 Å². The predicted octanol–water partition coefficient (Wildman–Crippen LogP) is 1.98. The Balaban J connectivity index is 2.54. The topological polar surface area (TPSA) is 51.2 Å². The Labute approximate surface area is 108 Å². The maximum atomic E-state index is 11.8. The van der Waals surface area contributed by atoms with E-state index in [-0.39, 0.29) is 11.9 Å². The Bertz CT molecular complexity index is 337. The molecule has 1 rings (SSSR count). The molecule has 0 aliphatic rings. The summed E-state index contributed by atoms with van der Waals surface area (Å²) >= 11 is 4.75. The van der Waals surface area contributed by atoms with Gasteiger partial charge in [-0.3, -0.25) is 4.79 Å². The number of amides is 1. The number of hydrogen-bond donors (Lipinski definition) is 1. The molecule has 1 amide bonds. The molecule has 1 aromatic rings. The van der Waals surface area contributed by atoms with E-state index in [1.165, 1.54) is 11.3 Å². The van der Waals surface area contributed by atoms with E-state index in [9.17, 15) is 4.79 Å². The van der Waals surface area contributed by atoms with Crippen LogP contribution in [0.5, 0.6) is 0 Å². The second-order valence-corrected chi connectivity index (χ2v) is 5.37. The molecule has 4 nitrogen and oxygen atoms in total. The summed E-state index contributed by atoms with van der Waals surface area (Å²) in [6, 6.07) is 0.0410. The molecule has 1 unspecified atom stereocenters. The third-order valence-electron chi connectivity index (χ3n) is 2.01. The molecular weight excluding hydrogens is 292 g/mol. The molecular formula is C10H15BrN2O2S. The molecule has 1 N–H and O–H groups in total. The first-order valence-corrected chi connectivity index (χ1v) is 6.89. The van der Waals surface area contributed by atoms with Crippen molar-refractivity contribution in [3.8, 4) is 0 Å². The van der Waals surface area contributed by atoms with Crippen molar-refractivity contribution in [1.82, 2.24) is 10.3 Å². The van der Waals surface area contributed by atoms with Crippen molar-refractivity contribution in [3.05, 3.63) is 16.1 Å². The van der Waals surface area contributed by atoms with Gasteiger partial charge in [0.2, 0.25) is 0 Å². The molecule has 16 heavy (non-hydrogen) atoms. The van der Waals surface area contributed by atoms with E-state index >= 15 is 0 Å². The zero-order valence-electron chi connectivity index (χ0n) is 9.33. The van der Waals surface area contributed by atoms with Crippen LogP contribution in [0.4, 0.5) is 0 Å². The van der Waals surface area contributed by atoms with Crippen LogP contribution in [-0.2, 0) is 4.74 Å². The second-order valence-electron chi connectivity index (χ2n) is 3.35. The minimum Gasteiger partial charge on any atom is -0.383 e. The molecule has 0 aliphatic carbocycles. The molecule has 0 fully saturated rings. The Morgan fingerprint density at radius 3 is 3.00 bits per heavy atom. The van der Waals surface area contributed by atoms with Gasteiger partial charge in [-0.15, -0.1) is 11.3 Å². The number of ether oxygens (including phenoxy) is 1. The Hall–Kier alpha value is -0.460. The standard InChI is InChI=1S/C10H15BrN2O2S/c1-7-12-5-9(16-7)10(14)13-8(3-4-11)6-15-2/h5,8H,3-4,6H2,1-2H3,(H,13,14). The number of rotatable bonds is 6. The average Bonchev–Trinajstić information content (AvgIpc) is 2.65. The molecule has 90 valence electrons. The second kappa shape index (κ2) is 6.98.